The summed E-state index contributed by atoms with van der Waals surface area (Å²) in [4.78, 5) is 14.7. The molecule has 26 heavy (non-hydrogen) atoms. The molecule has 0 aromatic heterocycles. The van der Waals surface area contributed by atoms with E-state index in [1.165, 1.54) is 6.07 Å². The summed E-state index contributed by atoms with van der Waals surface area (Å²) >= 11 is 0. The molecule has 0 aliphatic carbocycles. The van der Waals surface area contributed by atoms with E-state index >= 15 is 0 Å². The van der Waals surface area contributed by atoms with Gasteiger partial charge in [-0.2, -0.15) is 0 Å². The molecule has 1 amide bonds. The van der Waals surface area contributed by atoms with E-state index in [9.17, 15) is 15.0 Å². The SMILES string of the molecule is O=C(c1c(O)cc(O)cc1Oc1ccccc1)N1Cc2ccccc2C1. The highest BCUT2D eigenvalue weighted by atomic mass is 16.5. The highest BCUT2D eigenvalue weighted by Crippen LogP contribution is 2.37. The fourth-order valence-corrected chi connectivity index (χ4v) is 3.13. The molecule has 1 aliphatic heterocycles. The molecule has 0 saturated heterocycles. The molecule has 0 radical (unpaired) electrons. The second kappa shape index (κ2) is 6.44. The summed E-state index contributed by atoms with van der Waals surface area (Å²) in [6.45, 7) is 0.945. The minimum atomic E-state index is -0.343. The minimum absolute atomic E-state index is 0.0412. The fourth-order valence-electron chi connectivity index (χ4n) is 3.13. The summed E-state index contributed by atoms with van der Waals surface area (Å²) in [5.74, 6) is -0.192. The monoisotopic (exact) mass is 347 g/mol. The van der Waals surface area contributed by atoms with Crippen molar-refractivity contribution in [3.63, 3.8) is 0 Å². The number of aromatic hydroxyl groups is 2. The van der Waals surface area contributed by atoms with E-state index in [0.29, 0.717) is 18.8 Å². The predicted molar refractivity (Wildman–Crippen MR) is 96.3 cm³/mol. The Balaban J connectivity index is 1.69. The van der Waals surface area contributed by atoms with Crippen LogP contribution >= 0.6 is 0 Å². The third-order valence-electron chi connectivity index (χ3n) is 4.38. The Morgan fingerprint density at radius 1 is 0.885 bits per heavy atom. The Hall–Kier alpha value is -3.47. The number of benzene rings is 3. The first-order valence-corrected chi connectivity index (χ1v) is 8.27. The van der Waals surface area contributed by atoms with Gasteiger partial charge in [-0.1, -0.05) is 42.5 Å². The molecule has 5 heteroatoms. The van der Waals surface area contributed by atoms with Gasteiger partial charge in [0.25, 0.3) is 5.91 Å². The van der Waals surface area contributed by atoms with Crippen LogP contribution in [0.5, 0.6) is 23.0 Å². The zero-order valence-corrected chi connectivity index (χ0v) is 13.9. The van der Waals surface area contributed by atoms with Crippen molar-refractivity contribution in [1.29, 1.82) is 0 Å². The van der Waals surface area contributed by atoms with E-state index in [2.05, 4.69) is 0 Å². The van der Waals surface area contributed by atoms with Crippen LogP contribution in [0.1, 0.15) is 21.5 Å². The number of fused-ring (bicyclic) bond motifs is 1. The third kappa shape index (κ3) is 2.95. The largest absolute Gasteiger partial charge is 0.508 e. The molecule has 0 fully saturated rings. The summed E-state index contributed by atoms with van der Waals surface area (Å²) in [6.07, 6.45) is 0. The number of hydrogen-bond donors (Lipinski definition) is 2. The molecule has 0 atom stereocenters. The van der Waals surface area contributed by atoms with E-state index in [-0.39, 0.29) is 28.7 Å². The molecule has 1 heterocycles. The van der Waals surface area contributed by atoms with Gasteiger partial charge in [0.2, 0.25) is 0 Å². The molecule has 1 aliphatic rings. The maximum absolute atomic E-state index is 13.1. The number of hydrogen-bond acceptors (Lipinski definition) is 4. The number of rotatable bonds is 3. The number of carbonyl (C=O) groups is 1. The number of para-hydroxylation sites is 1. The fraction of sp³-hybridized carbons (Fsp3) is 0.0952. The normalized spacial score (nSPS) is 12.7. The van der Waals surface area contributed by atoms with Crippen LogP contribution in [-0.4, -0.2) is 21.0 Å². The Bertz CT molecular complexity index is 944. The van der Waals surface area contributed by atoms with Crippen molar-refractivity contribution in [2.45, 2.75) is 13.1 Å². The zero-order valence-electron chi connectivity index (χ0n) is 13.9. The van der Waals surface area contributed by atoms with Gasteiger partial charge >= 0.3 is 0 Å². The van der Waals surface area contributed by atoms with Gasteiger partial charge < -0.3 is 19.8 Å². The molecule has 0 spiro atoms. The summed E-state index contributed by atoms with van der Waals surface area (Å²) in [5.41, 5.74) is 2.22. The first-order valence-electron chi connectivity index (χ1n) is 8.27. The average molecular weight is 347 g/mol. The van der Waals surface area contributed by atoms with Crippen LogP contribution < -0.4 is 4.74 Å². The average Bonchev–Trinajstić information content (AvgIpc) is 3.06. The minimum Gasteiger partial charge on any atom is -0.508 e. The van der Waals surface area contributed by atoms with Crippen molar-refractivity contribution in [2.75, 3.05) is 0 Å². The van der Waals surface area contributed by atoms with Gasteiger partial charge in [0.1, 0.15) is 28.6 Å². The zero-order chi connectivity index (χ0) is 18.1. The number of amides is 1. The van der Waals surface area contributed by atoms with Gasteiger partial charge in [-0.3, -0.25) is 4.79 Å². The van der Waals surface area contributed by atoms with Crippen molar-refractivity contribution in [2.24, 2.45) is 0 Å². The van der Waals surface area contributed by atoms with Gasteiger partial charge in [-0.05, 0) is 23.3 Å². The molecular formula is C21H17NO4. The number of phenolic OH excluding ortho intramolecular Hbond substituents is 2. The van der Waals surface area contributed by atoms with Gasteiger partial charge in [-0.15, -0.1) is 0 Å². The van der Waals surface area contributed by atoms with Crippen molar-refractivity contribution in [1.82, 2.24) is 4.90 Å². The second-order valence-electron chi connectivity index (χ2n) is 6.18. The molecule has 3 aromatic rings. The summed E-state index contributed by atoms with van der Waals surface area (Å²) < 4.78 is 5.76. The van der Waals surface area contributed by atoms with Crippen LogP contribution in [0, 0.1) is 0 Å². The van der Waals surface area contributed by atoms with Crippen molar-refractivity contribution in [3.8, 4) is 23.0 Å². The molecule has 2 N–H and O–H groups in total. The van der Waals surface area contributed by atoms with Crippen LogP contribution in [0.2, 0.25) is 0 Å². The van der Waals surface area contributed by atoms with E-state index in [1.807, 2.05) is 30.3 Å². The van der Waals surface area contributed by atoms with Crippen molar-refractivity contribution >= 4 is 5.91 Å². The van der Waals surface area contributed by atoms with E-state index in [0.717, 1.165) is 17.2 Å². The van der Waals surface area contributed by atoms with Crippen molar-refractivity contribution < 1.29 is 19.7 Å². The highest BCUT2D eigenvalue weighted by Gasteiger charge is 2.29. The second-order valence-corrected chi connectivity index (χ2v) is 6.18. The molecule has 0 unspecified atom stereocenters. The van der Waals surface area contributed by atoms with Gasteiger partial charge in [0.15, 0.2) is 0 Å². The van der Waals surface area contributed by atoms with Crippen molar-refractivity contribution in [3.05, 3.63) is 83.4 Å². The van der Waals surface area contributed by atoms with E-state index < -0.39 is 0 Å². The van der Waals surface area contributed by atoms with Crippen LogP contribution in [-0.2, 0) is 13.1 Å². The quantitative estimate of drug-likeness (QED) is 0.750. The molecule has 0 bridgehead atoms. The molecular weight excluding hydrogens is 330 g/mol. The number of ether oxygens (including phenoxy) is 1. The van der Waals surface area contributed by atoms with Crippen LogP contribution in [0.4, 0.5) is 0 Å². The molecule has 3 aromatic carbocycles. The lowest BCUT2D eigenvalue weighted by Gasteiger charge is -2.19. The molecule has 0 saturated carbocycles. The number of phenols is 2. The highest BCUT2D eigenvalue weighted by molar-refractivity contribution is 6.00. The molecule has 4 rings (SSSR count). The lowest BCUT2D eigenvalue weighted by Crippen LogP contribution is -2.25. The van der Waals surface area contributed by atoms with Crippen LogP contribution in [0.3, 0.4) is 0 Å². The van der Waals surface area contributed by atoms with E-state index in [1.54, 1.807) is 29.2 Å². The van der Waals surface area contributed by atoms with E-state index in [4.69, 9.17) is 4.74 Å². The molecule has 130 valence electrons. The van der Waals surface area contributed by atoms with Gasteiger partial charge in [0, 0.05) is 25.2 Å². The van der Waals surface area contributed by atoms with Crippen LogP contribution in [0.25, 0.3) is 0 Å². The van der Waals surface area contributed by atoms with Crippen LogP contribution in [0.15, 0.2) is 66.7 Å². The Labute approximate surface area is 150 Å². The first kappa shape index (κ1) is 16.0. The lowest BCUT2D eigenvalue weighted by atomic mass is 10.1. The van der Waals surface area contributed by atoms with Gasteiger partial charge in [-0.25, -0.2) is 0 Å². The predicted octanol–water partition coefficient (Wildman–Crippen LogP) is 4.05. The topological polar surface area (TPSA) is 70.0 Å². The summed E-state index contributed by atoms with van der Waals surface area (Å²) in [6, 6.07) is 19.3. The first-order chi connectivity index (χ1) is 12.6. The number of nitrogens with zero attached hydrogens (tertiary/aromatic N) is 1. The smallest absolute Gasteiger partial charge is 0.262 e. The maximum atomic E-state index is 13.1. The van der Waals surface area contributed by atoms with Gasteiger partial charge in [0.05, 0.1) is 0 Å². The summed E-state index contributed by atoms with van der Waals surface area (Å²) in [5, 5.41) is 20.1. The Morgan fingerprint density at radius 3 is 2.15 bits per heavy atom. The summed E-state index contributed by atoms with van der Waals surface area (Å²) in [7, 11) is 0. The lowest BCUT2D eigenvalue weighted by molar-refractivity contribution is 0.0745. The Kier molecular flexibility index (Phi) is 3.97. The Morgan fingerprint density at radius 2 is 1.50 bits per heavy atom. The third-order valence-corrected chi connectivity index (χ3v) is 4.38. The molecule has 5 nitrogen and oxygen atoms in total. The number of carbonyl (C=O) groups excluding carboxylic acids is 1. The maximum Gasteiger partial charge on any atom is 0.262 e. The standard InChI is InChI=1S/C21H17NO4/c23-16-10-18(24)20(19(11-16)26-17-8-2-1-3-9-17)21(25)22-12-14-6-4-5-7-15(14)13-22/h1-11,23-24H,12-13H2.